The Morgan fingerprint density at radius 2 is 1.75 bits per heavy atom. The second-order valence-corrected chi connectivity index (χ2v) is 8.17. The maximum atomic E-state index is 10.9. The number of aromatic hydroxyl groups is 1. The molecule has 0 aliphatic rings. The lowest BCUT2D eigenvalue weighted by Crippen LogP contribution is -2.11. The fourth-order valence-electron chi connectivity index (χ4n) is 2.75. The number of unbranched alkanes of at least 4 members (excludes halogenated alkanes) is 1. The Balaban J connectivity index is 0.000000284. The number of phenols is 1. The van der Waals surface area contributed by atoms with Crippen molar-refractivity contribution in [1.82, 2.24) is 0 Å². The van der Waals surface area contributed by atoms with Crippen molar-refractivity contribution >= 4 is 20.9 Å². The standard InChI is InChI=1S/C11H25NO.C10H8O4S/c1-3-5-7-11(4-2)10-13-9-6-8-12;11-9-5-7-3-1-2-4-8(7)6-10(9)15(12,13)14/h11H,3-10,12H2,1-2H3;1-6,11H,(H,12,13,14). The molecule has 0 radical (unpaired) electrons. The highest BCUT2D eigenvalue weighted by Crippen LogP contribution is 2.28. The minimum atomic E-state index is -4.37. The van der Waals surface area contributed by atoms with Gasteiger partial charge in [-0.3, -0.25) is 4.55 Å². The summed E-state index contributed by atoms with van der Waals surface area (Å²) in [5.74, 6) is 0.314. The molecular weight excluding hydrogens is 378 g/mol. The maximum Gasteiger partial charge on any atom is 0.298 e. The van der Waals surface area contributed by atoms with Crippen LogP contribution in [0.25, 0.3) is 10.8 Å². The molecule has 28 heavy (non-hydrogen) atoms. The van der Waals surface area contributed by atoms with E-state index in [0.717, 1.165) is 32.1 Å². The van der Waals surface area contributed by atoms with Gasteiger partial charge in [-0.1, -0.05) is 57.4 Å². The van der Waals surface area contributed by atoms with Crippen molar-refractivity contribution in [2.75, 3.05) is 19.8 Å². The molecule has 0 aromatic heterocycles. The molecule has 2 aromatic rings. The number of hydrogen-bond donors (Lipinski definition) is 3. The zero-order chi connectivity index (χ0) is 21.0. The van der Waals surface area contributed by atoms with Crippen molar-refractivity contribution in [2.45, 2.75) is 50.8 Å². The van der Waals surface area contributed by atoms with Crippen molar-refractivity contribution in [3.8, 4) is 5.75 Å². The minimum Gasteiger partial charge on any atom is -0.506 e. The normalized spacial score (nSPS) is 12.4. The van der Waals surface area contributed by atoms with E-state index in [4.69, 9.17) is 15.0 Å². The molecule has 0 aliphatic heterocycles. The summed E-state index contributed by atoms with van der Waals surface area (Å²) in [4.78, 5) is -0.471. The second-order valence-electron chi connectivity index (χ2n) is 6.78. The molecule has 0 heterocycles. The predicted octanol–water partition coefficient (Wildman–Crippen LogP) is 4.36. The van der Waals surface area contributed by atoms with Gasteiger partial charge < -0.3 is 15.6 Å². The van der Waals surface area contributed by atoms with Gasteiger partial charge >= 0.3 is 0 Å². The summed E-state index contributed by atoms with van der Waals surface area (Å²) in [6, 6.07) is 9.49. The van der Waals surface area contributed by atoms with E-state index in [1.165, 1.54) is 37.8 Å². The van der Waals surface area contributed by atoms with Gasteiger partial charge in [0.15, 0.2) is 0 Å². The van der Waals surface area contributed by atoms with Gasteiger partial charge in [0.05, 0.1) is 0 Å². The van der Waals surface area contributed by atoms with Gasteiger partial charge in [-0.25, -0.2) is 0 Å². The van der Waals surface area contributed by atoms with Crippen LogP contribution in [0.4, 0.5) is 0 Å². The second kappa shape index (κ2) is 12.7. The van der Waals surface area contributed by atoms with Gasteiger partial charge in [0.25, 0.3) is 10.1 Å². The first-order valence-corrected chi connectivity index (χ1v) is 11.2. The van der Waals surface area contributed by atoms with Crippen LogP contribution in [0.15, 0.2) is 41.3 Å². The molecule has 7 heteroatoms. The minimum absolute atomic E-state index is 0.448. The average Bonchev–Trinajstić information content (AvgIpc) is 2.66. The highest BCUT2D eigenvalue weighted by Gasteiger charge is 2.15. The van der Waals surface area contributed by atoms with Gasteiger partial charge in [0, 0.05) is 13.2 Å². The molecule has 1 atom stereocenters. The molecule has 4 N–H and O–H groups in total. The topological polar surface area (TPSA) is 110 Å². The molecule has 0 aliphatic carbocycles. The zero-order valence-electron chi connectivity index (χ0n) is 16.8. The Hall–Kier alpha value is -1.67. The summed E-state index contributed by atoms with van der Waals surface area (Å²) in [5.41, 5.74) is 5.38. The lowest BCUT2D eigenvalue weighted by atomic mass is 10.0. The number of benzene rings is 2. The first-order chi connectivity index (χ1) is 13.3. The van der Waals surface area contributed by atoms with Crippen molar-refractivity contribution in [3.63, 3.8) is 0 Å². The number of ether oxygens (including phenoxy) is 1. The zero-order valence-corrected chi connectivity index (χ0v) is 17.6. The summed E-state index contributed by atoms with van der Waals surface area (Å²) in [7, 11) is -4.37. The summed E-state index contributed by atoms with van der Waals surface area (Å²) in [6.45, 7) is 6.98. The quantitative estimate of drug-likeness (QED) is 0.396. The Bertz CT molecular complexity index is 808. The van der Waals surface area contributed by atoms with Gasteiger partial charge in [0.2, 0.25) is 0 Å². The molecule has 158 valence electrons. The fourth-order valence-corrected chi connectivity index (χ4v) is 3.35. The SMILES string of the molecule is CCCCC(CC)COCCCN.O=S(=O)(O)c1cc2ccccc2cc1O. The summed E-state index contributed by atoms with van der Waals surface area (Å²) < 4.78 is 36.2. The monoisotopic (exact) mass is 411 g/mol. The van der Waals surface area contributed by atoms with Crippen LogP contribution in [-0.4, -0.2) is 37.8 Å². The lowest BCUT2D eigenvalue weighted by Gasteiger charge is -2.14. The molecule has 0 amide bonds. The summed E-state index contributed by atoms with van der Waals surface area (Å²) >= 11 is 0. The molecule has 2 aromatic carbocycles. The lowest BCUT2D eigenvalue weighted by molar-refractivity contribution is 0.0933. The number of nitrogens with two attached hydrogens (primary N) is 1. The van der Waals surface area contributed by atoms with Crippen molar-refractivity contribution < 1.29 is 22.8 Å². The van der Waals surface area contributed by atoms with Crippen LogP contribution in [0.2, 0.25) is 0 Å². The Labute approximate surface area is 168 Å². The van der Waals surface area contributed by atoms with E-state index in [9.17, 15) is 13.5 Å². The molecule has 0 spiro atoms. The van der Waals surface area contributed by atoms with Crippen LogP contribution >= 0.6 is 0 Å². The van der Waals surface area contributed by atoms with Crippen LogP contribution in [-0.2, 0) is 14.9 Å². The van der Waals surface area contributed by atoms with Crippen molar-refractivity contribution in [3.05, 3.63) is 36.4 Å². The molecule has 0 saturated heterocycles. The first kappa shape index (κ1) is 24.4. The highest BCUT2D eigenvalue weighted by atomic mass is 32.2. The fraction of sp³-hybridized carbons (Fsp3) is 0.524. The average molecular weight is 412 g/mol. The van der Waals surface area contributed by atoms with Crippen LogP contribution in [0, 0.1) is 5.92 Å². The summed E-state index contributed by atoms with van der Waals surface area (Å²) in [5, 5.41) is 10.8. The van der Waals surface area contributed by atoms with Crippen LogP contribution < -0.4 is 5.73 Å². The van der Waals surface area contributed by atoms with E-state index in [-0.39, 0.29) is 0 Å². The number of hydrogen-bond acceptors (Lipinski definition) is 5. The van der Waals surface area contributed by atoms with Gasteiger partial charge in [0.1, 0.15) is 10.6 Å². The maximum absolute atomic E-state index is 10.9. The van der Waals surface area contributed by atoms with Crippen LogP contribution in [0.3, 0.4) is 0 Å². The largest absolute Gasteiger partial charge is 0.506 e. The van der Waals surface area contributed by atoms with Crippen LogP contribution in [0.5, 0.6) is 5.75 Å². The molecule has 0 fully saturated rings. The van der Waals surface area contributed by atoms with Gasteiger partial charge in [-0.2, -0.15) is 8.42 Å². The molecule has 2 rings (SSSR count). The first-order valence-electron chi connectivity index (χ1n) is 9.80. The van der Waals surface area contributed by atoms with E-state index in [1.54, 1.807) is 24.3 Å². The predicted molar refractivity (Wildman–Crippen MR) is 113 cm³/mol. The smallest absolute Gasteiger partial charge is 0.298 e. The van der Waals surface area contributed by atoms with Crippen LogP contribution in [0.1, 0.15) is 46.0 Å². The summed E-state index contributed by atoms with van der Waals surface area (Å²) in [6.07, 6.45) is 6.17. The van der Waals surface area contributed by atoms with E-state index in [2.05, 4.69) is 13.8 Å². The van der Waals surface area contributed by atoms with E-state index in [1.807, 2.05) is 0 Å². The third-order valence-corrected chi connectivity index (χ3v) is 5.38. The third kappa shape index (κ3) is 8.56. The van der Waals surface area contributed by atoms with Crippen molar-refractivity contribution in [2.24, 2.45) is 11.7 Å². The molecule has 1 unspecified atom stereocenters. The number of phenolic OH excluding ortho intramolecular Hbond substituents is 1. The Kier molecular flexibility index (Phi) is 11.1. The number of fused-ring (bicyclic) bond motifs is 1. The molecule has 0 saturated carbocycles. The number of rotatable bonds is 10. The van der Waals surface area contributed by atoms with Gasteiger partial charge in [-0.15, -0.1) is 0 Å². The highest BCUT2D eigenvalue weighted by molar-refractivity contribution is 7.86. The molecular formula is C21H33NO5S. The Morgan fingerprint density at radius 3 is 2.29 bits per heavy atom. The van der Waals surface area contributed by atoms with E-state index >= 15 is 0 Å². The molecule has 0 bridgehead atoms. The Morgan fingerprint density at radius 1 is 1.11 bits per heavy atom. The van der Waals surface area contributed by atoms with E-state index < -0.39 is 20.8 Å². The van der Waals surface area contributed by atoms with Crippen molar-refractivity contribution in [1.29, 1.82) is 0 Å². The molecule has 6 nitrogen and oxygen atoms in total. The third-order valence-electron chi connectivity index (χ3n) is 4.49. The van der Waals surface area contributed by atoms with E-state index in [0.29, 0.717) is 10.8 Å². The van der Waals surface area contributed by atoms with Gasteiger partial charge in [-0.05, 0) is 48.2 Å².